The topological polar surface area (TPSA) is 88.4 Å². The molecule has 2 amide bonds. The molecule has 3 aromatic carbocycles. The SMILES string of the molecule is Cc1cnc2ccc(-c3cc(NC(=O)c4cc(F)cc(C(F)(F)F)c4)c4c(c3)C(=O)NC4c3cc(F)ccc3Cl)nn12. The number of nitrogens with zero attached hydrogens (tertiary/aromatic N) is 3. The Labute approximate surface area is 239 Å². The summed E-state index contributed by atoms with van der Waals surface area (Å²) in [5.41, 5.74) is 0.562. The highest BCUT2D eigenvalue weighted by Gasteiger charge is 2.36. The van der Waals surface area contributed by atoms with Gasteiger partial charge in [-0.2, -0.15) is 18.3 Å². The first kappa shape index (κ1) is 27.3. The van der Waals surface area contributed by atoms with Crippen LogP contribution < -0.4 is 10.6 Å². The van der Waals surface area contributed by atoms with Gasteiger partial charge in [-0.1, -0.05) is 11.6 Å². The van der Waals surface area contributed by atoms with Crippen molar-refractivity contribution in [2.24, 2.45) is 0 Å². The highest BCUT2D eigenvalue weighted by molar-refractivity contribution is 6.31. The Morgan fingerprint density at radius 3 is 2.57 bits per heavy atom. The molecule has 7 nitrogen and oxygen atoms in total. The lowest BCUT2D eigenvalue weighted by atomic mass is 9.93. The van der Waals surface area contributed by atoms with Gasteiger partial charge < -0.3 is 10.6 Å². The van der Waals surface area contributed by atoms with Gasteiger partial charge in [-0.05, 0) is 67.6 Å². The lowest BCUT2D eigenvalue weighted by Gasteiger charge is -2.19. The molecule has 5 aromatic rings. The number of hydrogen-bond donors (Lipinski definition) is 2. The van der Waals surface area contributed by atoms with Gasteiger partial charge in [-0.15, -0.1) is 0 Å². The molecule has 1 aliphatic heterocycles. The zero-order valence-corrected chi connectivity index (χ0v) is 22.1. The molecule has 0 bridgehead atoms. The van der Waals surface area contributed by atoms with Gasteiger partial charge in [-0.25, -0.2) is 18.3 Å². The van der Waals surface area contributed by atoms with E-state index in [9.17, 15) is 31.5 Å². The van der Waals surface area contributed by atoms with Gasteiger partial charge in [0.15, 0.2) is 5.65 Å². The average molecular weight is 598 g/mol. The Kier molecular flexibility index (Phi) is 6.45. The summed E-state index contributed by atoms with van der Waals surface area (Å²) in [7, 11) is 0. The largest absolute Gasteiger partial charge is 0.416 e. The Morgan fingerprint density at radius 2 is 1.81 bits per heavy atom. The number of amides is 2. The van der Waals surface area contributed by atoms with Crippen LogP contribution in [0.4, 0.5) is 27.6 Å². The molecule has 0 aliphatic carbocycles. The molecule has 0 saturated heterocycles. The summed E-state index contributed by atoms with van der Waals surface area (Å²) >= 11 is 6.34. The van der Waals surface area contributed by atoms with Crippen molar-refractivity contribution in [2.75, 3.05) is 5.32 Å². The van der Waals surface area contributed by atoms with Crippen LogP contribution in [0.5, 0.6) is 0 Å². The van der Waals surface area contributed by atoms with Crippen LogP contribution in [0.3, 0.4) is 0 Å². The van der Waals surface area contributed by atoms with Gasteiger partial charge >= 0.3 is 6.18 Å². The van der Waals surface area contributed by atoms with Crippen LogP contribution in [0.2, 0.25) is 5.02 Å². The highest BCUT2D eigenvalue weighted by Crippen LogP contribution is 2.42. The van der Waals surface area contributed by atoms with Crippen molar-refractivity contribution in [1.29, 1.82) is 0 Å². The minimum absolute atomic E-state index is 0.00162. The highest BCUT2D eigenvalue weighted by atomic mass is 35.5. The van der Waals surface area contributed by atoms with Crippen molar-refractivity contribution < 1.29 is 31.5 Å². The number of aryl methyl sites for hydroxylation is 1. The molecule has 0 fully saturated rings. The van der Waals surface area contributed by atoms with Crippen LogP contribution in [0, 0.1) is 18.6 Å². The molecule has 2 aromatic heterocycles. The summed E-state index contributed by atoms with van der Waals surface area (Å²) in [4.78, 5) is 30.7. The number of nitrogens with one attached hydrogen (secondary N) is 2. The number of imidazole rings is 1. The fourth-order valence-electron chi connectivity index (χ4n) is 4.87. The van der Waals surface area contributed by atoms with E-state index in [4.69, 9.17) is 11.6 Å². The lowest BCUT2D eigenvalue weighted by Crippen LogP contribution is -2.21. The summed E-state index contributed by atoms with van der Waals surface area (Å²) in [5.74, 6) is -3.54. The summed E-state index contributed by atoms with van der Waals surface area (Å²) in [6.07, 6.45) is -3.28. The Hall–Kier alpha value is -4.84. The van der Waals surface area contributed by atoms with Crippen LogP contribution in [0.1, 0.15) is 49.1 Å². The third-order valence-corrected chi connectivity index (χ3v) is 7.17. The van der Waals surface area contributed by atoms with E-state index in [0.29, 0.717) is 29.0 Å². The van der Waals surface area contributed by atoms with Crippen molar-refractivity contribution in [3.8, 4) is 11.3 Å². The maximum absolute atomic E-state index is 14.2. The number of alkyl halides is 3. The molecule has 42 heavy (non-hydrogen) atoms. The number of fused-ring (bicyclic) bond motifs is 2. The predicted molar refractivity (Wildman–Crippen MR) is 143 cm³/mol. The van der Waals surface area contributed by atoms with Gasteiger partial charge in [0, 0.05) is 38.5 Å². The Balaban J connectivity index is 1.52. The molecule has 0 spiro atoms. The van der Waals surface area contributed by atoms with E-state index in [1.165, 1.54) is 18.2 Å². The van der Waals surface area contributed by atoms with E-state index in [-0.39, 0.29) is 33.5 Å². The number of halogens is 6. The predicted octanol–water partition coefficient (Wildman–Crippen LogP) is 6.74. The van der Waals surface area contributed by atoms with Gasteiger partial charge in [-0.3, -0.25) is 9.59 Å². The van der Waals surface area contributed by atoms with E-state index < -0.39 is 46.8 Å². The molecular formula is C29H17ClF5N5O2. The average Bonchev–Trinajstić information content (AvgIpc) is 3.48. The van der Waals surface area contributed by atoms with Crippen molar-refractivity contribution in [1.82, 2.24) is 19.9 Å². The van der Waals surface area contributed by atoms with Crippen LogP contribution in [-0.2, 0) is 6.18 Å². The van der Waals surface area contributed by atoms with E-state index in [1.54, 1.807) is 29.8 Å². The fourth-order valence-corrected chi connectivity index (χ4v) is 5.10. The van der Waals surface area contributed by atoms with Crippen LogP contribution >= 0.6 is 11.6 Å². The smallest absolute Gasteiger partial charge is 0.341 e. The Bertz CT molecular complexity index is 1940. The first-order valence-corrected chi connectivity index (χ1v) is 12.7. The number of carbonyl (C=O) groups excluding carboxylic acids is 2. The van der Waals surface area contributed by atoms with Crippen molar-refractivity contribution >= 4 is 34.7 Å². The van der Waals surface area contributed by atoms with E-state index in [1.807, 2.05) is 0 Å². The molecule has 2 N–H and O–H groups in total. The fraction of sp³-hybridized carbons (Fsp3) is 0.103. The van der Waals surface area contributed by atoms with Crippen LogP contribution in [0.25, 0.3) is 16.9 Å². The number of aromatic nitrogens is 3. The molecule has 13 heteroatoms. The number of benzene rings is 3. The number of rotatable bonds is 4. The molecular weight excluding hydrogens is 581 g/mol. The quantitative estimate of drug-likeness (QED) is 0.225. The lowest BCUT2D eigenvalue weighted by molar-refractivity contribution is -0.137. The number of hydrogen-bond acceptors (Lipinski definition) is 4. The molecule has 1 aliphatic rings. The Morgan fingerprint density at radius 1 is 1.02 bits per heavy atom. The zero-order chi connectivity index (χ0) is 29.9. The van der Waals surface area contributed by atoms with E-state index in [2.05, 4.69) is 20.7 Å². The van der Waals surface area contributed by atoms with Gasteiger partial charge in [0.05, 0.1) is 29.2 Å². The van der Waals surface area contributed by atoms with Crippen molar-refractivity contribution in [3.63, 3.8) is 0 Å². The first-order valence-electron chi connectivity index (χ1n) is 12.3. The summed E-state index contributed by atoms with van der Waals surface area (Å²) in [6.45, 7) is 1.79. The number of carbonyl (C=O) groups is 2. The molecule has 6 rings (SSSR count). The summed E-state index contributed by atoms with van der Waals surface area (Å²) < 4.78 is 69.9. The monoisotopic (exact) mass is 597 g/mol. The summed E-state index contributed by atoms with van der Waals surface area (Å²) in [5, 5.41) is 9.92. The van der Waals surface area contributed by atoms with Gasteiger partial charge in [0.25, 0.3) is 11.8 Å². The third kappa shape index (κ3) is 4.83. The van der Waals surface area contributed by atoms with Gasteiger partial charge in [0.1, 0.15) is 11.6 Å². The molecule has 1 unspecified atom stereocenters. The standard InChI is InChI=1S/C29H17ClF5N5O2/c1-13-12-36-24-5-4-22(39-40(13)24)14-8-20-25(26(38-28(20)42)19-11-17(31)2-3-21(19)30)23(9-14)37-27(41)15-6-16(29(33,34)35)10-18(32)7-15/h2-12,26H,1H3,(H,37,41)(H,38,42). The third-order valence-electron chi connectivity index (χ3n) is 6.82. The van der Waals surface area contributed by atoms with Crippen LogP contribution in [-0.4, -0.2) is 26.4 Å². The molecule has 0 radical (unpaired) electrons. The van der Waals surface area contributed by atoms with E-state index in [0.717, 1.165) is 17.8 Å². The normalized spacial score (nSPS) is 14.6. The maximum atomic E-state index is 14.2. The molecule has 0 saturated carbocycles. The number of anilines is 1. The molecule has 212 valence electrons. The second kappa shape index (κ2) is 9.91. The minimum atomic E-state index is -4.90. The van der Waals surface area contributed by atoms with Gasteiger partial charge in [0.2, 0.25) is 0 Å². The van der Waals surface area contributed by atoms with Crippen LogP contribution in [0.15, 0.2) is 66.9 Å². The molecule has 3 heterocycles. The molecule has 1 atom stereocenters. The second-order valence-corrected chi connectivity index (χ2v) is 10.0. The zero-order valence-electron chi connectivity index (χ0n) is 21.4. The van der Waals surface area contributed by atoms with Crippen molar-refractivity contribution in [3.05, 3.63) is 117 Å². The second-order valence-electron chi connectivity index (χ2n) is 9.63. The minimum Gasteiger partial charge on any atom is -0.341 e. The first-order chi connectivity index (χ1) is 19.9. The van der Waals surface area contributed by atoms with E-state index >= 15 is 0 Å². The maximum Gasteiger partial charge on any atom is 0.416 e. The summed E-state index contributed by atoms with van der Waals surface area (Å²) in [6, 6.07) is 10.3. The van der Waals surface area contributed by atoms with Crippen molar-refractivity contribution in [2.45, 2.75) is 19.1 Å².